The molecule has 0 radical (unpaired) electrons. The smallest absolute Gasteiger partial charge is 0.115 e. The van der Waals surface area contributed by atoms with Gasteiger partial charge in [-0.1, -0.05) is 103 Å². The zero-order valence-electron chi connectivity index (χ0n) is 26.1. The Hall–Kier alpha value is -6.52. The molecule has 0 aliphatic carbocycles. The minimum atomic E-state index is 0.999. The van der Waals surface area contributed by atoms with Gasteiger partial charge in [-0.25, -0.2) is 19.9 Å². The van der Waals surface area contributed by atoms with E-state index in [9.17, 15) is 0 Å². The second kappa shape index (κ2) is 13.1. The summed E-state index contributed by atoms with van der Waals surface area (Å²) in [5.74, 6) is 0. The lowest BCUT2D eigenvalue weighted by Gasteiger charge is -2.14. The van der Waals surface area contributed by atoms with Gasteiger partial charge in [-0.05, 0) is 109 Å². The van der Waals surface area contributed by atoms with Crippen molar-refractivity contribution in [3.05, 3.63) is 183 Å². The van der Waals surface area contributed by atoms with Crippen LogP contribution in [0.2, 0.25) is 0 Å². The average Bonchev–Trinajstić information content (AvgIpc) is 3.19. The number of rotatable bonds is 7. The average molecular weight is 615 g/mol. The predicted molar refractivity (Wildman–Crippen MR) is 196 cm³/mol. The molecule has 6 aromatic carbocycles. The summed E-state index contributed by atoms with van der Waals surface area (Å²) in [4.78, 5) is 16.8. The van der Waals surface area contributed by atoms with Gasteiger partial charge in [0.15, 0.2) is 0 Å². The summed E-state index contributed by atoms with van der Waals surface area (Å²) < 4.78 is 0. The maximum absolute atomic E-state index is 4.21. The number of nitrogens with zero attached hydrogens (tertiary/aromatic N) is 4. The summed E-state index contributed by atoms with van der Waals surface area (Å²) >= 11 is 0. The first-order valence-electron chi connectivity index (χ1n) is 15.9. The van der Waals surface area contributed by atoms with Crippen LogP contribution in [0.5, 0.6) is 0 Å². The van der Waals surface area contributed by atoms with Gasteiger partial charge in [-0.3, -0.25) is 0 Å². The molecular weight excluding hydrogens is 585 g/mol. The predicted octanol–water partition coefficient (Wildman–Crippen LogP) is 10.9. The number of benzene rings is 6. The molecule has 0 aliphatic rings. The Morgan fingerprint density at radius 2 is 0.458 bits per heavy atom. The molecule has 0 saturated heterocycles. The van der Waals surface area contributed by atoms with Crippen LogP contribution >= 0.6 is 0 Å². The van der Waals surface area contributed by atoms with Crippen LogP contribution in [-0.4, -0.2) is 19.9 Å². The maximum atomic E-state index is 4.21. The molecule has 0 N–H and O–H groups in total. The SMILES string of the molecule is c1ccc(-c2cc(-c3cccc(-c4cccc(-c5cncnc5)c4)c3)cc(-c3cccc(-c4cccc(-c5cncnc5)c4)c3)c2)cc1. The van der Waals surface area contributed by atoms with Crippen LogP contribution < -0.4 is 0 Å². The Balaban J connectivity index is 1.20. The molecule has 0 amide bonds. The van der Waals surface area contributed by atoms with Crippen LogP contribution in [0.4, 0.5) is 0 Å². The standard InChI is InChI=1S/C44H30N4/c1-2-8-31(9-3-1)40-22-41(36-14-4-10-32(18-36)34-12-6-16-38(20-34)43-25-45-29-46-26-43)24-42(23-40)37-15-5-11-33(19-37)35-13-7-17-39(21-35)44-27-47-30-48-28-44/h1-30H. The summed E-state index contributed by atoms with van der Waals surface area (Å²) in [5, 5.41) is 0. The Labute approximate surface area is 280 Å². The lowest BCUT2D eigenvalue weighted by Crippen LogP contribution is -1.88. The summed E-state index contributed by atoms with van der Waals surface area (Å²) in [6, 6.07) is 52.2. The Bertz CT molecular complexity index is 2190. The summed E-state index contributed by atoms with van der Waals surface area (Å²) in [6.45, 7) is 0. The van der Waals surface area contributed by atoms with Crippen molar-refractivity contribution in [1.29, 1.82) is 0 Å². The normalized spacial score (nSPS) is 10.9. The van der Waals surface area contributed by atoms with Crippen molar-refractivity contribution >= 4 is 0 Å². The monoisotopic (exact) mass is 614 g/mol. The molecular formula is C44H30N4. The highest BCUT2D eigenvalue weighted by Crippen LogP contribution is 2.36. The Morgan fingerprint density at radius 3 is 0.812 bits per heavy atom. The van der Waals surface area contributed by atoms with Crippen molar-refractivity contribution in [3.8, 4) is 77.9 Å². The third-order valence-corrected chi connectivity index (χ3v) is 8.61. The van der Waals surface area contributed by atoms with Crippen molar-refractivity contribution in [2.45, 2.75) is 0 Å². The van der Waals surface area contributed by atoms with Crippen LogP contribution in [0.1, 0.15) is 0 Å². The highest BCUT2D eigenvalue weighted by Gasteiger charge is 2.11. The lowest BCUT2D eigenvalue weighted by atomic mass is 9.91. The van der Waals surface area contributed by atoms with Crippen LogP contribution in [0.15, 0.2) is 183 Å². The van der Waals surface area contributed by atoms with Crippen molar-refractivity contribution < 1.29 is 0 Å². The largest absolute Gasteiger partial charge is 0.244 e. The zero-order valence-corrected chi connectivity index (χ0v) is 26.1. The molecule has 8 aromatic rings. The zero-order chi connectivity index (χ0) is 32.1. The highest BCUT2D eigenvalue weighted by molar-refractivity contribution is 5.85. The maximum Gasteiger partial charge on any atom is 0.115 e. The van der Waals surface area contributed by atoms with Gasteiger partial charge >= 0.3 is 0 Å². The summed E-state index contributed by atoms with van der Waals surface area (Å²) in [5.41, 5.74) is 15.8. The molecule has 0 atom stereocenters. The van der Waals surface area contributed by atoms with Gasteiger partial charge in [0.05, 0.1) is 0 Å². The molecule has 0 aliphatic heterocycles. The lowest BCUT2D eigenvalue weighted by molar-refractivity contribution is 1.17. The van der Waals surface area contributed by atoms with Crippen molar-refractivity contribution in [2.75, 3.05) is 0 Å². The molecule has 0 fully saturated rings. The molecule has 0 unspecified atom stereocenters. The number of hydrogen-bond acceptors (Lipinski definition) is 4. The van der Waals surface area contributed by atoms with E-state index in [0.717, 1.165) is 66.8 Å². The van der Waals surface area contributed by atoms with E-state index in [4.69, 9.17) is 0 Å². The van der Waals surface area contributed by atoms with E-state index in [0.29, 0.717) is 0 Å². The van der Waals surface area contributed by atoms with Gasteiger partial charge in [-0.15, -0.1) is 0 Å². The molecule has 2 heterocycles. The fraction of sp³-hybridized carbons (Fsp3) is 0. The molecule has 0 bridgehead atoms. The van der Waals surface area contributed by atoms with E-state index in [1.165, 1.54) is 11.1 Å². The highest BCUT2D eigenvalue weighted by atomic mass is 14.8. The van der Waals surface area contributed by atoms with Crippen molar-refractivity contribution in [3.63, 3.8) is 0 Å². The minimum absolute atomic E-state index is 0.999. The van der Waals surface area contributed by atoms with E-state index >= 15 is 0 Å². The van der Waals surface area contributed by atoms with Crippen molar-refractivity contribution in [2.24, 2.45) is 0 Å². The molecule has 4 nitrogen and oxygen atoms in total. The molecule has 226 valence electrons. The molecule has 8 rings (SSSR count). The first kappa shape index (κ1) is 28.9. The van der Waals surface area contributed by atoms with E-state index in [2.05, 4.69) is 166 Å². The van der Waals surface area contributed by atoms with Gasteiger partial charge in [-0.2, -0.15) is 0 Å². The van der Waals surface area contributed by atoms with E-state index in [1.807, 2.05) is 24.8 Å². The van der Waals surface area contributed by atoms with Crippen LogP contribution in [0.25, 0.3) is 77.9 Å². The van der Waals surface area contributed by atoms with Gasteiger partial charge in [0, 0.05) is 35.9 Å². The topological polar surface area (TPSA) is 51.6 Å². The van der Waals surface area contributed by atoms with Gasteiger partial charge in [0.25, 0.3) is 0 Å². The molecule has 2 aromatic heterocycles. The van der Waals surface area contributed by atoms with Crippen LogP contribution in [-0.2, 0) is 0 Å². The second-order valence-electron chi connectivity index (χ2n) is 11.7. The van der Waals surface area contributed by atoms with Gasteiger partial charge in [0.2, 0.25) is 0 Å². The van der Waals surface area contributed by atoms with E-state index < -0.39 is 0 Å². The fourth-order valence-electron chi connectivity index (χ4n) is 6.17. The van der Waals surface area contributed by atoms with E-state index in [-0.39, 0.29) is 0 Å². The Kier molecular flexibility index (Phi) is 7.87. The Morgan fingerprint density at radius 1 is 0.208 bits per heavy atom. The molecule has 0 saturated carbocycles. The molecule has 4 heteroatoms. The van der Waals surface area contributed by atoms with E-state index in [1.54, 1.807) is 12.7 Å². The third kappa shape index (κ3) is 6.15. The number of aromatic nitrogens is 4. The fourth-order valence-corrected chi connectivity index (χ4v) is 6.17. The first-order valence-corrected chi connectivity index (χ1v) is 15.9. The molecule has 48 heavy (non-hydrogen) atoms. The summed E-state index contributed by atoms with van der Waals surface area (Å²) in [6.07, 6.45) is 10.5. The number of hydrogen-bond donors (Lipinski definition) is 0. The van der Waals surface area contributed by atoms with Gasteiger partial charge in [0.1, 0.15) is 12.7 Å². The quantitative estimate of drug-likeness (QED) is 0.179. The second-order valence-corrected chi connectivity index (χ2v) is 11.7. The van der Waals surface area contributed by atoms with Crippen LogP contribution in [0.3, 0.4) is 0 Å². The van der Waals surface area contributed by atoms with Crippen molar-refractivity contribution in [1.82, 2.24) is 19.9 Å². The van der Waals surface area contributed by atoms with Crippen LogP contribution in [0, 0.1) is 0 Å². The van der Waals surface area contributed by atoms with Gasteiger partial charge < -0.3 is 0 Å². The molecule has 0 spiro atoms. The third-order valence-electron chi connectivity index (χ3n) is 8.61. The minimum Gasteiger partial charge on any atom is -0.244 e. The summed E-state index contributed by atoms with van der Waals surface area (Å²) in [7, 11) is 0. The first-order chi connectivity index (χ1) is 23.8.